The monoisotopic (exact) mass is 269 g/mol. The van der Waals surface area contributed by atoms with Crippen LogP contribution < -0.4 is 10.5 Å². The summed E-state index contributed by atoms with van der Waals surface area (Å²) in [6, 6.07) is 7.51. The van der Waals surface area contributed by atoms with E-state index in [1.807, 2.05) is 31.2 Å². The van der Waals surface area contributed by atoms with Gasteiger partial charge in [0.05, 0.1) is 19.8 Å². The number of aliphatic hydroxyl groups excluding tert-OH is 1. The van der Waals surface area contributed by atoms with Gasteiger partial charge in [-0.1, -0.05) is 12.1 Å². The van der Waals surface area contributed by atoms with Gasteiger partial charge in [0.2, 0.25) is 0 Å². The summed E-state index contributed by atoms with van der Waals surface area (Å²) >= 11 is 0. The van der Waals surface area contributed by atoms with Crippen LogP contribution in [0, 0.1) is 0 Å². The summed E-state index contributed by atoms with van der Waals surface area (Å²) in [6.07, 6.45) is -0.657. The molecule has 0 aliphatic heterocycles. The Bertz CT molecular complexity index is 357. The van der Waals surface area contributed by atoms with Gasteiger partial charge in [-0.25, -0.2) is 0 Å². The largest absolute Gasteiger partial charge is 0.491 e. The molecule has 0 heterocycles. The first-order chi connectivity index (χ1) is 9.13. The third-order valence-corrected chi connectivity index (χ3v) is 2.57. The molecule has 1 aromatic carbocycles. The standard InChI is InChI=1S/C14H23NO4/c1-11(15)12-4-3-5-14(8-12)19-10-13(16)9-18-7-6-17-2/h3-5,8,11,13,16H,6-7,9-10,15H2,1-2H3/t11-,13?/m0/s1. The molecule has 1 aromatic rings. The van der Waals surface area contributed by atoms with Crippen molar-refractivity contribution in [2.24, 2.45) is 5.73 Å². The van der Waals surface area contributed by atoms with Gasteiger partial charge in [0, 0.05) is 13.2 Å². The first kappa shape index (κ1) is 15.9. The van der Waals surface area contributed by atoms with Gasteiger partial charge in [0.1, 0.15) is 18.5 Å². The summed E-state index contributed by atoms with van der Waals surface area (Å²) < 4.78 is 15.5. The Labute approximate surface area is 114 Å². The van der Waals surface area contributed by atoms with Crippen molar-refractivity contribution >= 4 is 0 Å². The zero-order valence-electron chi connectivity index (χ0n) is 11.5. The normalized spacial score (nSPS) is 14.1. The van der Waals surface area contributed by atoms with E-state index in [0.717, 1.165) is 5.56 Å². The number of hydrogen-bond donors (Lipinski definition) is 2. The maximum Gasteiger partial charge on any atom is 0.119 e. The second-order valence-corrected chi connectivity index (χ2v) is 4.39. The third kappa shape index (κ3) is 6.54. The number of methoxy groups -OCH3 is 1. The molecule has 0 aromatic heterocycles. The van der Waals surface area contributed by atoms with E-state index in [4.69, 9.17) is 19.9 Å². The van der Waals surface area contributed by atoms with E-state index in [2.05, 4.69) is 0 Å². The summed E-state index contributed by atoms with van der Waals surface area (Å²) in [4.78, 5) is 0. The Hall–Kier alpha value is -1.14. The van der Waals surface area contributed by atoms with E-state index in [-0.39, 0.29) is 19.3 Å². The lowest BCUT2D eigenvalue weighted by molar-refractivity contribution is -0.00420. The summed E-state index contributed by atoms with van der Waals surface area (Å²) in [5, 5.41) is 9.67. The summed E-state index contributed by atoms with van der Waals surface area (Å²) in [7, 11) is 1.61. The Kier molecular flexibility index (Phi) is 7.43. The second kappa shape index (κ2) is 8.87. The average Bonchev–Trinajstić information content (AvgIpc) is 2.41. The maximum atomic E-state index is 9.67. The fourth-order valence-electron chi connectivity index (χ4n) is 1.49. The smallest absolute Gasteiger partial charge is 0.119 e. The van der Waals surface area contributed by atoms with E-state index < -0.39 is 6.10 Å². The van der Waals surface area contributed by atoms with Crippen LogP contribution in [0.2, 0.25) is 0 Å². The molecule has 5 nitrogen and oxygen atoms in total. The molecule has 0 radical (unpaired) electrons. The van der Waals surface area contributed by atoms with E-state index in [9.17, 15) is 5.11 Å². The molecule has 0 spiro atoms. The first-order valence-corrected chi connectivity index (χ1v) is 6.36. The first-order valence-electron chi connectivity index (χ1n) is 6.36. The van der Waals surface area contributed by atoms with Crippen LogP contribution in [0.15, 0.2) is 24.3 Å². The van der Waals surface area contributed by atoms with Gasteiger partial charge in [-0.2, -0.15) is 0 Å². The van der Waals surface area contributed by atoms with Crippen molar-refractivity contribution in [3.8, 4) is 5.75 Å². The predicted molar refractivity (Wildman–Crippen MR) is 73.2 cm³/mol. The Balaban J connectivity index is 2.29. The lowest BCUT2D eigenvalue weighted by Crippen LogP contribution is -2.24. The zero-order chi connectivity index (χ0) is 14.1. The molecule has 2 atom stereocenters. The molecular formula is C14H23NO4. The number of aliphatic hydroxyl groups is 1. The number of rotatable bonds is 9. The minimum Gasteiger partial charge on any atom is -0.491 e. The number of ether oxygens (including phenoxy) is 3. The zero-order valence-corrected chi connectivity index (χ0v) is 11.5. The van der Waals surface area contributed by atoms with Crippen LogP contribution in [0.1, 0.15) is 18.5 Å². The number of hydrogen-bond acceptors (Lipinski definition) is 5. The molecule has 3 N–H and O–H groups in total. The molecule has 0 fully saturated rings. The van der Waals surface area contributed by atoms with E-state index in [1.165, 1.54) is 0 Å². The van der Waals surface area contributed by atoms with Crippen molar-refractivity contribution < 1.29 is 19.3 Å². The molecule has 1 unspecified atom stereocenters. The minimum absolute atomic E-state index is 0.0362. The lowest BCUT2D eigenvalue weighted by Gasteiger charge is -2.14. The average molecular weight is 269 g/mol. The summed E-state index contributed by atoms with van der Waals surface area (Å²) in [5.74, 6) is 0.700. The third-order valence-electron chi connectivity index (χ3n) is 2.57. The van der Waals surface area contributed by atoms with Crippen LogP contribution >= 0.6 is 0 Å². The number of nitrogens with two attached hydrogens (primary N) is 1. The van der Waals surface area contributed by atoms with Gasteiger partial charge in [-0.15, -0.1) is 0 Å². The van der Waals surface area contributed by atoms with Gasteiger partial charge in [-0.05, 0) is 24.6 Å². The molecular weight excluding hydrogens is 246 g/mol. The molecule has 0 saturated heterocycles. The van der Waals surface area contributed by atoms with Crippen molar-refractivity contribution in [3.05, 3.63) is 29.8 Å². The molecule has 0 aliphatic rings. The lowest BCUT2D eigenvalue weighted by atomic mass is 10.1. The molecule has 1 rings (SSSR count). The van der Waals surface area contributed by atoms with E-state index in [1.54, 1.807) is 7.11 Å². The van der Waals surface area contributed by atoms with Crippen molar-refractivity contribution in [1.82, 2.24) is 0 Å². The van der Waals surface area contributed by atoms with Crippen molar-refractivity contribution in [2.75, 3.05) is 33.5 Å². The van der Waals surface area contributed by atoms with Crippen LogP contribution in [-0.2, 0) is 9.47 Å². The second-order valence-electron chi connectivity index (χ2n) is 4.39. The van der Waals surface area contributed by atoms with Crippen LogP contribution in [0.5, 0.6) is 5.75 Å². The topological polar surface area (TPSA) is 73.9 Å². The van der Waals surface area contributed by atoms with E-state index >= 15 is 0 Å². The van der Waals surface area contributed by atoms with Crippen LogP contribution in [0.4, 0.5) is 0 Å². The summed E-state index contributed by atoms with van der Waals surface area (Å²) in [5.41, 5.74) is 6.80. The predicted octanol–water partition coefficient (Wildman–Crippen LogP) is 1.11. The SMILES string of the molecule is COCCOCC(O)COc1cccc([C@H](C)N)c1. The molecule has 19 heavy (non-hydrogen) atoms. The van der Waals surface area contributed by atoms with Crippen molar-refractivity contribution in [1.29, 1.82) is 0 Å². The van der Waals surface area contributed by atoms with Gasteiger partial charge < -0.3 is 25.1 Å². The van der Waals surface area contributed by atoms with Crippen LogP contribution in [0.25, 0.3) is 0 Å². The van der Waals surface area contributed by atoms with Crippen molar-refractivity contribution in [2.45, 2.75) is 19.1 Å². The Morgan fingerprint density at radius 2 is 2.05 bits per heavy atom. The molecule has 0 saturated carbocycles. The van der Waals surface area contributed by atoms with Gasteiger partial charge in [0.25, 0.3) is 0 Å². The highest BCUT2D eigenvalue weighted by Gasteiger charge is 2.06. The quantitative estimate of drug-likeness (QED) is 0.657. The Morgan fingerprint density at radius 1 is 1.26 bits per heavy atom. The molecule has 5 heteroatoms. The highest BCUT2D eigenvalue weighted by atomic mass is 16.5. The maximum absolute atomic E-state index is 9.67. The fraction of sp³-hybridized carbons (Fsp3) is 0.571. The van der Waals surface area contributed by atoms with Crippen molar-refractivity contribution in [3.63, 3.8) is 0 Å². The van der Waals surface area contributed by atoms with Gasteiger partial charge >= 0.3 is 0 Å². The summed E-state index contributed by atoms with van der Waals surface area (Å²) in [6.45, 7) is 3.32. The number of benzene rings is 1. The van der Waals surface area contributed by atoms with Crippen LogP contribution in [0.3, 0.4) is 0 Å². The minimum atomic E-state index is -0.657. The van der Waals surface area contributed by atoms with E-state index in [0.29, 0.717) is 19.0 Å². The molecule has 0 amide bonds. The molecule has 0 aliphatic carbocycles. The van der Waals surface area contributed by atoms with Crippen LogP contribution in [-0.4, -0.2) is 44.7 Å². The molecule has 108 valence electrons. The highest BCUT2D eigenvalue weighted by molar-refractivity contribution is 5.30. The molecule has 0 bridgehead atoms. The Morgan fingerprint density at radius 3 is 2.74 bits per heavy atom. The highest BCUT2D eigenvalue weighted by Crippen LogP contribution is 2.17. The fourth-order valence-corrected chi connectivity index (χ4v) is 1.49. The van der Waals surface area contributed by atoms with Gasteiger partial charge in [0.15, 0.2) is 0 Å². The van der Waals surface area contributed by atoms with Gasteiger partial charge in [-0.3, -0.25) is 0 Å².